The van der Waals surface area contributed by atoms with Crippen LogP contribution in [-0.4, -0.2) is 24.8 Å². The van der Waals surface area contributed by atoms with Crippen LogP contribution in [0.4, 0.5) is 0 Å². The number of esters is 1. The van der Waals surface area contributed by atoms with Gasteiger partial charge in [0.1, 0.15) is 0 Å². The van der Waals surface area contributed by atoms with E-state index in [0.717, 1.165) is 5.56 Å². The first-order valence-electron chi connectivity index (χ1n) is 5.47. The number of nitrogens with two attached hydrogens (primary N) is 1. The lowest BCUT2D eigenvalue weighted by molar-refractivity contribution is 0.0600. The second-order valence-corrected chi connectivity index (χ2v) is 4.74. The van der Waals surface area contributed by atoms with Crippen LogP contribution >= 0.6 is 12.4 Å². The number of ether oxygens (including phenoxy) is 1. The van der Waals surface area contributed by atoms with E-state index in [-0.39, 0.29) is 31.0 Å². The Kier molecular flexibility index (Phi) is 6.32. The molecule has 1 aromatic rings. The van der Waals surface area contributed by atoms with E-state index in [1.54, 1.807) is 18.2 Å². The highest BCUT2D eigenvalue weighted by Crippen LogP contribution is 2.30. The van der Waals surface area contributed by atoms with Crippen molar-refractivity contribution in [1.82, 2.24) is 0 Å². The average Bonchev–Trinajstić information content (AvgIpc) is 2.36. The number of halogens is 1. The molecule has 4 nitrogen and oxygen atoms in total. The van der Waals surface area contributed by atoms with Crippen LogP contribution in [0.25, 0.3) is 0 Å². The van der Waals surface area contributed by atoms with Crippen molar-refractivity contribution in [3.63, 3.8) is 0 Å². The molecule has 0 aliphatic rings. The van der Waals surface area contributed by atoms with Crippen LogP contribution in [-0.2, 0) is 4.74 Å². The van der Waals surface area contributed by atoms with Gasteiger partial charge in [-0.2, -0.15) is 0 Å². The molecule has 1 aromatic carbocycles. The number of benzene rings is 1. The first-order valence-corrected chi connectivity index (χ1v) is 5.47. The lowest BCUT2D eigenvalue weighted by atomic mass is 9.81. The van der Waals surface area contributed by atoms with Gasteiger partial charge in [-0.25, -0.2) is 4.79 Å². The summed E-state index contributed by atoms with van der Waals surface area (Å²) in [6.07, 6.45) is 0. The molecule has 0 unspecified atom stereocenters. The molecule has 0 aromatic heterocycles. The quantitative estimate of drug-likeness (QED) is 0.822. The summed E-state index contributed by atoms with van der Waals surface area (Å²) in [4.78, 5) is 11.4. The molecule has 102 valence electrons. The van der Waals surface area contributed by atoms with E-state index in [2.05, 4.69) is 4.74 Å². The van der Waals surface area contributed by atoms with E-state index < -0.39 is 5.41 Å². The zero-order valence-electron chi connectivity index (χ0n) is 10.8. The summed E-state index contributed by atoms with van der Waals surface area (Å²) in [7, 11) is 1.34. The van der Waals surface area contributed by atoms with Crippen molar-refractivity contribution in [3.05, 3.63) is 35.4 Å². The lowest BCUT2D eigenvalue weighted by Gasteiger charge is -2.29. The predicted molar refractivity (Wildman–Crippen MR) is 72.8 cm³/mol. The van der Waals surface area contributed by atoms with Crippen LogP contribution in [0.2, 0.25) is 0 Å². The Morgan fingerprint density at radius 2 is 2.11 bits per heavy atom. The van der Waals surface area contributed by atoms with Crippen molar-refractivity contribution >= 4 is 18.4 Å². The van der Waals surface area contributed by atoms with Gasteiger partial charge in [-0.3, -0.25) is 0 Å². The highest BCUT2D eigenvalue weighted by atomic mass is 35.5. The largest absolute Gasteiger partial charge is 0.465 e. The minimum absolute atomic E-state index is 0. The molecule has 0 saturated carbocycles. The Morgan fingerprint density at radius 3 is 2.61 bits per heavy atom. The van der Waals surface area contributed by atoms with Gasteiger partial charge in [0.2, 0.25) is 0 Å². The molecule has 0 aliphatic heterocycles. The highest BCUT2D eigenvalue weighted by Gasteiger charge is 2.27. The van der Waals surface area contributed by atoms with Crippen LogP contribution in [0.15, 0.2) is 24.3 Å². The number of hydrogen-bond donors (Lipinski definition) is 2. The molecule has 5 heteroatoms. The maximum absolute atomic E-state index is 11.4. The molecule has 18 heavy (non-hydrogen) atoms. The summed E-state index contributed by atoms with van der Waals surface area (Å²) >= 11 is 0. The molecule has 0 saturated heterocycles. The molecule has 0 amide bonds. The predicted octanol–water partition coefficient (Wildman–Crippen LogP) is 1.91. The maximum Gasteiger partial charge on any atom is 0.337 e. The second kappa shape index (κ2) is 6.73. The van der Waals surface area contributed by atoms with Crippen molar-refractivity contribution < 1.29 is 14.6 Å². The molecule has 0 bridgehead atoms. The normalized spacial score (nSPS) is 12.5. The standard InChI is InChI=1S/C13H19NO3.ClH/c1-13(2,8-15)11(14)9-5-4-6-10(7-9)12(16)17-3;/h4-7,11,15H,8,14H2,1-3H3;1H/t11-;/m1./s1. The molecule has 0 spiro atoms. The van der Waals surface area contributed by atoms with E-state index in [0.29, 0.717) is 5.56 Å². The number of rotatable bonds is 4. The van der Waals surface area contributed by atoms with Gasteiger partial charge in [-0.1, -0.05) is 26.0 Å². The van der Waals surface area contributed by atoms with Crippen LogP contribution in [0.3, 0.4) is 0 Å². The Labute approximate surface area is 114 Å². The summed E-state index contributed by atoms with van der Waals surface area (Å²) in [6.45, 7) is 3.74. The zero-order chi connectivity index (χ0) is 13.1. The Hall–Kier alpha value is -1.10. The van der Waals surface area contributed by atoms with Gasteiger partial charge in [0.15, 0.2) is 0 Å². The molecule has 3 N–H and O–H groups in total. The monoisotopic (exact) mass is 273 g/mol. The molecular weight excluding hydrogens is 254 g/mol. The van der Waals surface area contributed by atoms with E-state index in [1.165, 1.54) is 7.11 Å². The van der Waals surface area contributed by atoms with Gasteiger partial charge in [0, 0.05) is 18.1 Å². The molecule has 0 radical (unpaired) electrons. The van der Waals surface area contributed by atoms with Crippen molar-refractivity contribution in [2.75, 3.05) is 13.7 Å². The molecule has 1 atom stereocenters. The average molecular weight is 274 g/mol. The molecule has 0 aliphatic carbocycles. The van der Waals surface area contributed by atoms with Crippen molar-refractivity contribution in [3.8, 4) is 0 Å². The Morgan fingerprint density at radius 1 is 1.50 bits per heavy atom. The fraction of sp³-hybridized carbons (Fsp3) is 0.462. The van der Waals surface area contributed by atoms with Crippen molar-refractivity contribution in [1.29, 1.82) is 0 Å². The summed E-state index contributed by atoms with van der Waals surface area (Å²) in [5.74, 6) is -0.388. The van der Waals surface area contributed by atoms with Gasteiger partial charge >= 0.3 is 5.97 Å². The highest BCUT2D eigenvalue weighted by molar-refractivity contribution is 5.89. The van der Waals surface area contributed by atoms with Crippen LogP contribution < -0.4 is 5.73 Å². The summed E-state index contributed by atoms with van der Waals surface area (Å²) < 4.78 is 4.65. The van der Waals surface area contributed by atoms with E-state index >= 15 is 0 Å². The molecule has 0 fully saturated rings. The smallest absolute Gasteiger partial charge is 0.337 e. The number of hydrogen-bond acceptors (Lipinski definition) is 4. The third kappa shape index (κ3) is 3.70. The third-order valence-electron chi connectivity index (χ3n) is 2.92. The van der Waals surface area contributed by atoms with Gasteiger partial charge < -0.3 is 15.6 Å². The van der Waals surface area contributed by atoms with E-state index in [4.69, 9.17) is 5.73 Å². The third-order valence-corrected chi connectivity index (χ3v) is 2.92. The summed E-state index contributed by atoms with van der Waals surface area (Å²) in [6, 6.07) is 6.64. The first-order chi connectivity index (χ1) is 7.92. The molecular formula is C13H20ClNO3. The second-order valence-electron chi connectivity index (χ2n) is 4.74. The minimum atomic E-state index is -0.436. The number of methoxy groups -OCH3 is 1. The van der Waals surface area contributed by atoms with Crippen molar-refractivity contribution in [2.45, 2.75) is 19.9 Å². The topological polar surface area (TPSA) is 72.5 Å². The lowest BCUT2D eigenvalue weighted by Crippen LogP contribution is -2.32. The zero-order valence-corrected chi connectivity index (χ0v) is 11.7. The van der Waals surface area contributed by atoms with Crippen LogP contribution in [0, 0.1) is 5.41 Å². The van der Waals surface area contributed by atoms with Gasteiger partial charge in [-0.05, 0) is 17.7 Å². The fourth-order valence-corrected chi connectivity index (χ4v) is 1.53. The van der Waals surface area contributed by atoms with E-state index in [1.807, 2.05) is 19.9 Å². The van der Waals surface area contributed by atoms with Gasteiger partial charge in [0.25, 0.3) is 0 Å². The Bertz CT molecular complexity index is 407. The number of aliphatic hydroxyl groups excluding tert-OH is 1. The van der Waals surface area contributed by atoms with Gasteiger partial charge in [0.05, 0.1) is 12.7 Å². The Balaban J connectivity index is 0.00000289. The molecule has 0 heterocycles. The fourth-order valence-electron chi connectivity index (χ4n) is 1.53. The summed E-state index contributed by atoms with van der Waals surface area (Å²) in [5, 5.41) is 9.28. The number of aliphatic hydroxyl groups is 1. The first kappa shape index (κ1) is 16.9. The number of carbonyl (C=O) groups excluding carboxylic acids is 1. The van der Waals surface area contributed by atoms with Crippen LogP contribution in [0.1, 0.15) is 35.8 Å². The van der Waals surface area contributed by atoms with Gasteiger partial charge in [-0.15, -0.1) is 12.4 Å². The minimum Gasteiger partial charge on any atom is -0.465 e. The summed E-state index contributed by atoms with van der Waals surface area (Å²) in [5.41, 5.74) is 6.92. The molecule has 1 rings (SSSR count). The number of carbonyl (C=O) groups is 1. The van der Waals surface area contributed by atoms with Crippen LogP contribution in [0.5, 0.6) is 0 Å². The maximum atomic E-state index is 11.4. The SMILES string of the molecule is COC(=O)c1cccc([C@@H](N)C(C)(C)CO)c1.Cl. The van der Waals surface area contributed by atoms with E-state index in [9.17, 15) is 9.90 Å². The van der Waals surface area contributed by atoms with Crippen molar-refractivity contribution in [2.24, 2.45) is 11.1 Å².